The molecule has 0 aliphatic rings. The van der Waals surface area contributed by atoms with Gasteiger partial charge in [-0.3, -0.25) is 4.79 Å². The van der Waals surface area contributed by atoms with Crippen LogP contribution < -0.4 is 5.56 Å². The topological polar surface area (TPSA) is 56.6 Å². The van der Waals surface area contributed by atoms with E-state index in [1.165, 1.54) is 18.2 Å². The maximum absolute atomic E-state index is 14.1. The van der Waals surface area contributed by atoms with E-state index in [0.717, 1.165) is 0 Å². The SMILES string of the molecule is N#Cc1c(-c2ccccc2F)cc(-c2ccc(Cl)c(Cl)c2)[nH]c1=O. The van der Waals surface area contributed by atoms with E-state index in [1.807, 2.05) is 6.07 Å². The summed E-state index contributed by atoms with van der Waals surface area (Å²) in [6, 6.07) is 14.2. The maximum Gasteiger partial charge on any atom is 0.266 e. The van der Waals surface area contributed by atoms with Gasteiger partial charge >= 0.3 is 0 Å². The van der Waals surface area contributed by atoms with Crippen molar-refractivity contribution in [3.8, 4) is 28.5 Å². The van der Waals surface area contributed by atoms with Gasteiger partial charge in [0.1, 0.15) is 17.4 Å². The maximum atomic E-state index is 14.1. The number of H-pyrrole nitrogens is 1. The molecule has 2 aromatic carbocycles. The number of pyridine rings is 1. The molecule has 3 nitrogen and oxygen atoms in total. The first-order valence-electron chi connectivity index (χ1n) is 6.89. The molecule has 0 aliphatic carbocycles. The molecule has 1 aromatic heterocycles. The van der Waals surface area contributed by atoms with Crippen LogP contribution in [-0.2, 0) is 0 Å². The highest BCUT2D eigenvalue weighted by Gasteiger charge is 2.15. The zero-order valence-corrected chi connectivity index (χ0v) is 13.6. The highest BCUT2D eigenvalue weighted by molar-refractivity contribution is 6.42. The summed E-state index contributed by atoms with van der Waals surface area (Å²) in [5, 5.41) is 9.97. The number of hydrogen-bond donors (Lipinski definition) is 1. The number of nitrogens with zero attached hydrogens (tertiary/aromatic N) is 1. The van der Waals surface area contributed by atoms with Crippen LogP contribution >= 0.6 is 23.2 Å². The summed E-state index contributed by atoms with van der Waals surface area (Å²) in [5.74, 6) is -0.514. The Morgan fingerprint density at radius 1 is 1.00 bits per heavy atom. The average Bonchev–Trinajstić information content (AvgIpc) is 2.57. The van der Waals surface area contributed by atoms with E-state index in [-0.39, 0.29) is 16.7 Å². The minimum atomic E-state index is -0.598. The van der Waals surface area contributed by atoms with E-state index < -0.39 is 11.4 Å². The molecule has 0 fully saturated rings. The highest BCUT2D eigenvalue weighted by atomic mass is 35.5. The van der Waals surface area contributed by atoms with Crippen LogP contribution in [0.15, 0.2) is 53.3 Å². The Kier molecular flexibility index (Phi) is 4.39. The smallest absolute Gasteiger partial charge is 0.266 e. The molecule has 1 N–H and O–H groups in total. The first kappa shape index (κ1) is 16.3. The van der Waals surface area contributed by atoms with Crippen LogP contribution in [0.1, 0.15) is 5.56 Å². The van der Waals surface area contributed by atoms with Crippen LogP contribution in [0.5, 0.6) is 0 Å². The lowest BCUT2D eigenvalue weighted by Gasteiger charge is -2.09. The van der Waals surface area contributed by atoms with Crippen LogP contribution in [-0.4, -0.2) is 4.98 Å². The summed E-state index contributed by atoms with van der Waals surface area (Å²) in [6.07, 6.45) is 0. The van der Waals surface area contributed by atoms with Gasteiger partial charge in [-0.2, -0.15) is 5.26 Å². The summed E-state index contributed by atoms with van der Waals surface area (Å²) in [4.78, 5) is 14.9. The van der Waals surface area contributed by atoms with E-state index >= 15 is 0 Å². The van der Waals surface area contributed by atoms with E-state index in [4.69, 9.17) is 23.2 Å². The van der Waals surface area contributed by atoms with Gasteiger partial charge in [0.15, 0.2) is 0 Å². The number of halogens is 3. The van der Waals surface area contributed by atoms with Gasteiger partial charge in [-0.05, 0) is 29.8 Å². The molecule has 0 radical (unpaired) electrons. The zero-order chi connectivity index (χ0) is 17.3. The van der Waals surface area contributed by atoms with Crippen LogP contribution in [0.2, 0.25) is 10.0 Å². The molecular weight excluding hydrogens is 350 g/mol. The number of aromatic amines is 1. The summed E-state index contributed by atoms with van der Waals surface area (Å²) >= 11 is 11.9. The Bertz CT molecular complexity index is 1040. The number of nitriles is 1. The quantitative estimate of drug-likeness (QED) is 0.698. The average molecular weight is 359 g/mol. The molecule has 0 saturated carbocycles. The van der Waals surface area contributed by atoms with E-state index in [2.05, 4.69) is 4.98 Å². The molecule has 0 atom stereocenters. The predicted molar refractivity (Wildman–Crippen MR) is 92.6 cm³/mol. The van der Waals surface area contributed by atoms with Crippen LogP contribution in [0.25, 0.3) is 22.4 Å². The second-order valence-corrected chi connectivity index (χ2v) is 5.84. The molecule has 0 amide bonds. The van der Waals surface area contributed by atoms with Crippen molar-refractivity contribution in [3.05, 3.63) is 80.3 Å². The lowest BCUT2D eigenvalue weighted by Crippen LogP contribution is -2.13. The minimum absolute atomic E-state index is 0.149. The standard InChI is InChI=1S/C18H9Cl2FN2O/c19-14-6-5-10(7-15(14)20)17-8-12(13(9-22)18(24)23-17)11-3-1-2-4-16(11)21/h1-8H,(H,23,24). The third-order valence-corrected chi connectivity index (χ3v) is 4.28. The highest BCUT2D eigenvalue weighted by Crippen LogP contribution is 2.31. The Hall–Kier alpha value is -2.61. The van der Waals surface area contributed by atoms with Crippen molar-refractivity contribution in [3.63, 3.8) is 0 Å². The number of benzene rings is 2. The van der Waals surface area contributed by atoms with Crippen molar-refractivity contribution < 1.29 is 4.39 Å². The summed E-state index contributed by atoms with van der Waals surface area (Å²) < 4.78 is 14.1. The molecule has 0 saturated heterocycles. The zero-order valence-electron chi connectivity index (χ0n) is 12.1. The van der Waals surface area contributed by atoms with Crippen LogP contribution in [0.3, 0.4) is 0 Å². The molecule has 118 valence electrons. The molecule has 1 heterocycles. The Labute approximate surface area is 146 Å². The molecule has 3 aromatic rings. The second-order valence-electron chi connectivity index (χ2n) is 5.02. The van der Waals surface area contributed by atoms with Gasteiger partial charge in [-0.25, -0.2) is 4.39 Å². The normalized spacial score (nSPS) is 10.4. The molecule has 6 heteroatoms. The van der Waals surface area contributed by atoms with Crippen molar-refractivity contribution in [1.29, 1.82) is 5.26 Å². The first-order valence-corrected chi connectivity index (χ1v) is 7.64. The third-order valence-electron chi connectivity index (χ3n) is 3.54. The molecular formula is C18H9Cl2FN2O. The summed E-state index contributed by atoms with van der Waals surface area (Å²) in [6.45, 7) is 0. The number of nitrogens with one attached hydrogen (secondary N) is 1. The number of aromatic nitrogens is 1. The first-order chi connectivity index (χ1) is 11.5. The van der Waals surface area contributed by atoms with Gasteiger partial charge < -0.3 is 4.98 Å². The van der Waals surface area contributed by atoms with Crippen LogP contribution in [0.4, 0.5) is 4.39 Å². The predicted octanol–water partition coefficient (Wildman–Crippen LogP) is 5.03. The van der Waals surface area contributed by atoms with E-state index in [9.17, 15) is 14.4 Å². The lowest BCUT2D eigenvalue weighted by molar-refractivity contribution is 0.631. The van der Waals surface area contributed by atoms with Gasteiger partial charge in [-0.15, -0.1) is 0 Å². The fourth-order valence-corrected chi connectivity index (χ4v) is 2.68. The monoisotopic (exact) mass is 358 g/mol. The van der Waals surface area contributed by atoms with Gasteiger partial charge in [0.05, 0.1) is 10.0 Å². The van der Waals surface area contributed by atoms with Gasteiger partial charge in [0.25, 0.3) is 5.56 Å². The van der Waals surface area contributed by atoms with E-state index in [0.29, 0.717) is 21.3 Å². The van der Waals surface area contributed by atoms with Crippen LogP contribution in [0, 0.1) is 17.1 Å². The Balaban J connectivity index is 2.28. The largest absolute Gasteiger partial charge is 0.321 e. The molecule has 0 spiro atoms. The Morgan fingerprint density at radius 3 is 2.42 bits per heavy atom. The molecule has 0 bridgehead atoms. The fraction of sp³-hybridized carbons (Fsp3) is 0. The summed E-state index contributed by atoms with van der Waals surface area (Å²) in [7, 11) is 0. The molecule has 0 unspecified atom stereocenters. The van der Waals surface area contributed by atoms with Gasteiger partial charge in [-0.1, -0.05) is 47.5 Å². The fourth-order valence-electron chi connectivity index (χ4n) is 2.38. The summed E-state index contributed by atoms with van der Waals surface area (Å²) in [5.41, 5.74) is 0.671. The van der Waals surface area contributed by atoms with Crippen molar-refractivity contribution in [1.82, 2.24) is 4.98 Å². The third kappa shape index (κ3) is 2.92. The Morgan fingerprint density at radius 2 is 1.75 bits per heavy atom. The van der Waals surface area contributed by atoms with Crippen molar-refractivity contribution in [2.24, 2.45) is 0 Å². The lowest BCUT2D eigenvalue weighted by atomic mass is 9.98. The number of rotatable bonds is 2. The van der Waals surface area contributed by atoms with Gasteiger partial charge in [0.2, 0.25) is 0 Å². The molecule has 3 rings (SSSR count). The van der Waals surface area contributed by atoms with Gasteiger partial charge in [0, 0.05) is 16.8 Å². The number of hydrogen-bond acceptors (Lipinski definition) is 2. The van der Waals surface area contributed by atoms with E-state index in [1.54, 1.807) is 30.3 Å². The second kappa shape index (κ2) is 6.48. The molecule has 24 heavy (non-hydrogen) atoms. The minimum Gasteiger partial charge on any atom is -0.321 e. The molecule has 0 aliphatic heterocycles. The van der Waals surface area contributed by atoms with Crippen molar-refractivity contribution >= 4 is 23.2 Å². The van der Waals surface area contributed by atoms with Crippen molar-refractivity contribution in [2.75, 3.05) is 0 Å². The van der Waals surface area contributed by atoms with Crippen molar-refractivity contribution in [2.45, 2.75) is 0 Å².